The lowest BCUT2D eigenvalue weighted by molar-refractivity contribution is -0.135. The summed E-state index contributed by atoms with van der Waals surface area (Å²) in [6.07, 6.45) is 3.30. The Morgan fingerprint density at radius 3 is 2.76 bits per heavy atom. The fourth-order valence-electron chi connectivity index (χ4n) is 2.16. The van der Waals surface area contributed by atoms with Crippen molar-refractivity contribution < 1.29 is 14.4 Å². The molecule has 1 aromatic heterocycles. The fourth-order valence-corrected chi connectivity index (χ4v) is 2.93. The zero-order valence-corrected chi connectivity index (χ0v) is 12.8. The Balaban J connectivity index is 1.79. The number of thiophene rings is 1. The topological polar surface area (TPSA) is 78.5 Å². The summed E-state index contributed by atoms with van der Waals surface area (Å²) in [5, 5.41) is 0. The second-order valence-corrected chi connectivity index (χ2v) is 6.33. The summed E-state index contributed by atoms with van der Waals surface area (Å²) in [4.78, 5) is 38.5. The first-order valence-electron chi connectivity index (χ1n) is 6.99. The van der Waals surface area contributed by atoms with Crippen LogP contribution in [0.5, 0.6) is 0 Å². The Kier molecular flexibility index (Phi) is 5.32. The van der Waals surface area contributed by atoms with Gasteiger partial charge in [-0.15, -0.1) is 11.3 Å². The van der Waals surface area contributed by atoms with E-state index in [1.165, 1.54) is 11.3 Å². The quantitative estimate of drug-likeness (QED) is 0.824. The summed E-state index contributed by atoms with van der Waals surface area (Å²) in [6, 6.07) is 3.55. The first kappa shape index (κ1) is 15.5. The maximum atomic E-state index is 11.8. The van der Waals surface area contributed by atoms with E-state index < -0.39 is 0 Å². The van der Waals surface area contributed by atoms with Crippen molar-refractivity contribution >= 4 is 29.1 Å². The molecular weight excluding hydrogens is 290 g/mol. The van der Waals surface area contributed by atoms with Crippen molar-refractivity contribution in [2.24, 2.45) is 0 Å². The predicted octanol–water partition coefficient (Wildman–Crippen LogP) is 1.22. The number of nitrogens with one attached hydrogen (secondary N) is 2. The monoisotopic (exact) mass is 309 g/mol. The first-order valence-corrected chi connectivity index (χ1v) is 7.81. The Morgan fingerprint density at radius 1 is 1.24 bits per heavy atom. The summed E-state index contributed by atoms with van der Waals surface area (Å²) < 4.78 is 0. The van der Waals surface area contributed by atoms with Gasteiger partial charge in [-0.2, -0.15) is 0 Å². The van der Waals surface area contributed by atoms with E-state index in [9.17, 15) is 14.4 Å². The van der Waals surface area contributed by atoms with Gasteiger partial charge >= 0.3 is 0 Å². The lowest BCUT2D eigenvalue weighted by atomic mass is 10.2. The number of carbonyl (C=O) groups is 3. The molecule has 2 rings (SSSR count). The largest absolute Gasteiger partial charge is 0.333 e. The highest BCUT2D eigenvalue weighted by Crippen LogP contribution is 2.14. The summed E-state index contributed by atoms with van der Waals surface area (Å²) in [7, 11) is 0. The normalized spacial score (nSPS) is 15.5. The summed E-state index contributed by atoms with van der Waals surface area (Å²) >= 11 is 1.36. The van der Waals surface area contributed by atoms with Gasteiger partial charge in [-0.25, -0.2) is 0 Å². The molecule has 1 aliphatic rings. The molecule has 0 atom stereocenters. The number of amides is 3. The molecule has 0 aromatic carbocycles. The van der Waals surface area contributed by atoms with Crippen LogP contribution in [0.3, 0.4) is 0 Å². The van der Waals surface area contributed by atoms with E-state index in [0.717, 1.165) is 24.1 Å². The lowest BCUT2D eigenvalue weighted by Gasteiger charge is -2.19. The van der Waals surface area contributed by atoms with E-state index in [0.29, 0.717) is 17.8 Å². The van der Waals surface area contributed by atoms with Crippen molar-refractivity contribution in [3.05, 3.63) is 21.9 Å². The van der Waals surface area contributed by atoms with E-state index >= 15 is 0 Å². The van der Waals surface area contributed by atoms with E-state index in [4.69, 9.17) is 0 Å². The zero-order chi connectivity index (χ0) is 15.2. The molecule has 1 saturated heterocycles. The molecule has 1 aliphatic heterocycles. The second-order valence-electron chi connectivity index (χ2n) is 5.04. The first-order chi connectivity index (χ1) is 10.1. The fraction of sp³-hybridized carbons (Fsp3) is 0.500. The molecular formula is C14H19N3O3S. The Morgan fingerprint density at radius 2 is 2.05 bits per heavy atom. The Hall–Kier alpha value is -1.89. The third-order valence-electron chi connectivity index (χ3n) is 3.29. The van der Waals surface area contributed by atoms with Gasteiger partial charge in [0.05, 0.1) is 4.88 Å². The van der Waals surface area contributed by atoms with Crippen LogP contribution in [0, 0.1) is 6.92 Å². The Bertz CT molecular complexity index is 541. The average molecular weight is 309 g/mol. The van der Waals surface area contributed by atoms with Gasteiger partial charge in [0.1, 0.15) is 6.54 Å². The van der Waals surface area contributed by atoms with Crippen molar-refractivity contribution in [1.29, 1.82) is 0 Å². The molecule has 0 saturated carbocycles. The average Bonchev–Trinajstić information content (AvgIpc) is 2.79. The van der Waals surface area contributed by atoms with Crippen LogP contribution in [-0.2, 0) is 9.59 Å². The number of hydrogen-bond acceptors (Lipinski definition) is 4. The molecule has 0 unspecified atom stereocenters. The minimum atomic E-state index is -0.383. The van der Waals surface area contributed by atoms with Crippen LogP contribution in [0.15, 0.2) is 12.1 Å². The lowest BCUT2D eigenvalue weighted by Crippen LogP contribution is -2.47. The molecule has 0 bridgehead atoms. The van der Waals surface area contributed by atoms with E-state index in [-0.39, 0.29) is 24.3 Å². The van der Waals surface area contributed by atoms with Gasteiger partial charge in [-0.3, -0.25) is 25.2 Å². The number of carbonyl (C=O) groups excluding carboxylic acids is 3. The molecule has 2 N–H and O–H groups in total. The van der Waals surface area contributed by atoms with Crippen LogP contribution in [0.1, 0.15) is 40.2 Å². The minimum absolute atomic E-state index is 0.00265. The standard InChI is InChI=1S/C14H19N3O3S/c1-10-6-7-11(21-10)14(20)16-15-12(18)9-17-8-4-2-3-5-13(17)19/h6-7H,2-5,8-9H2,1H3,(H,15,18)(H,16,20). The van der Waals surface area contributed by atoms with Crippen LogP contribution < -0.4 is 10.9 Å². The molecule has 21 heavy (non-hydrogen) atoms. The van der Waals surface area contributed by atoms with Gasteiger partial charge in [-0.1, -0.05) is 6.42 Å². The van der Waals surface area contributed by atoms with Crippen LogP contribution in [0.4, 0.5) is 0 Å². The molecule has 0 spiro atoms. The maximum Gasteiger partial charge on any atom is 0.279 e. The highest BCUT2D eigenvalue weighted by Gasteiger charge is 2.19. The van der Waals surface area contributed by atoms with Crippen molar-refractivity contribution in [3.8, 4) is 0 Å². The minimum Gasteiger partial charge on any atom is -0.333 e. The SMILES string of the molecule is Cc1ccc(C(=O)NNC(=O)CN2CCCCCC2=O)s1. The van der Waals surface area contributed by atoms with Crippen molar-refractivity contribution in [2.45, 2.75) is 32.6 Å². The van der Waals surface area contributed by atoms with Gasteiger partial charge in [0.2, 0.25) is 5.91 Å². The maximum absolute atomic E-state index is 11.8. The van der Waals surface area contributed by atoms with Gasteiger partial charge in [0.25, 0.3) is 11.8 Å². The summed E-state index contributed by atoms with van der Waals surface area (Å²) in [5.74, 6) is -0.724. The van der Waals surface area contributed by atoms with E-state index in [1.807, 2.05) is 13.0 Å². The van der Waals surface area contributed by atoms with Crippen molar-refractivity contribution in [2.75, 3.05) is 13.1 Å². The molecule has 114 valence electrons. The van der Waals surface area contributed by atoms with Crippen LogP contribution in [-0.4, -0.2) is 35.7 Å². The number of hydrogen-bond donors (Lipinski definition) is 2. The summed E-state index contributed by atoms with van der Waals surface area (Å²) in [5.41, 5.74) is 4.72. The Labute approximate surface area is 127 Å². The number of aryl methyl sites for hydroxylation is 1. The van der Waals surface area contributed by atoms with Crippen LogP contribution in [0.25, 0.3) is 0 Å². The molecule has 7 heteroatoms. The highest BCUT2D eigenvalue weighted by molar-refractivity contribution is 7.13. The second kappa shape index (κ2) is 7.21. The molecule has 3 amide bonds. The van der Waals surface area contributed by atoms with Crippen molar-refractivity contribution in [1.82, 2.24) is 15.8 Å². The third kappa shape index (κ3) is 4.56. The van der Waals surface area contributed by atoms with Gasteiger partial charge < -0.3 is 4.90 Å². The van der Waals surface area contributed by atoms with E-state index in [1.54, 1.807) is 11.0 Å². The van der Waals surface area contributed by atoms with Gasteiger partial charge in [0.15, 0.2) is 0 Å². The molecule has 6 nitrogen and oxygen atoms in total. The molecule has 1 fully saturated rings. The number of hydrazine groups is 1. The number of nitrogens with zero attached hydrogens (tertiary/aromatic N) is 1. The molecule has 1 aromatic rings. The van der Waals surface area contributed by atoms with Crippen molar-refractivity contribution in [3.63, 3.8) is 0 Å². The van der Waals surface area contributed by atoms with Gasteiger partial charge in [-0.05, 0) is 31.9 Å². The summed E-state index contributed by atoms with van der Waals surface area (Å²) in [6.45, 7) is 2.50. The molecule has 0 radical (unpaired) electrons. The molecule has 2 heterocycles. The van der Waals surface area contributed by atoms with E-state index in [2.05, 4.69) is 10.9 Å². The number of rotatable bonds is 3. The smallest absolute Gasteiger partial charge is 0.279 e. The van der Waals surface area contributed by atoms with Crippen LogP contribution in [0.2, 0.25) is 0 Å². The molecule has 0 aliphatic carbocycles. The zero-order valence-electron chi connectivity index (χ0n) is 12.0. The van der Waals surface area contributed by atoms with Crippen LogP contribution >= 0.6 is 11.3 Å². The van der Waals surface area contributed by atoms with Gasteiger partial charge in [0, 0.05) is 17.8 Å². The number of likely N-dealkylation sites (tertiary alicyclic amines) is 1. The predicted molar refractivity (Wildman–Crippen MR) is 79.7 cm³/mol. The highest BCUT2D eigenvalue weighted by atomic mass is 32.1. The third-order valence-corrected chi connectivity index (χ3v) is 4.28.